The molecule has 0 amide bonds. The quantitative estimate of drug-likeness (QED) is 0.756. The number of aryl methyl sites for hydroxylation is 2. The van der Waals surface area contributed by atoms with Crippen molar-refractivity contribution in [2.75, 3.05) is 6.61 Å². The predicted octanol–water partition coefficient (Wildman–Crippen LogP) is 2.38. The van der Waals surface area contributed by atoms with Gasteiger partial charge in [0.2, 0.25) is 0 Å². The molecule has 15 heavy (non-hydrogen) atoms. The number of nitrogens with one attached hydrogen (secondary N) is 1. The molecule has 1 aromatic rings. The lowest BCUT2D eigenvalue weighted by atomic mass is 9.94. The fraction of sp³-hybridized carbons (Fsp3) is 0.583. The zero-order valence-electron chi connectivity index (χ0n) is 9.35. The molecule has 3 heteroatoms. The van der Waals surface area contributed by atoms with Crippen molar-refractivity contribution in [2.45, 2.75) is 39.5 Å². The van der Waals surface area contributed by atoms with Gasteiger partial charge in [-0.2, -0.15) is 0 Å². The molecule has 0 aliphatic heterocycles. The third-order valence-electron chi connectivity index (χ3n) is 2.96. The van der Waals surface area contributed by atoms with Crippen LogP contribution in [0.2, 0.25) is 0 Å². The number of hydrogen-bond acceptors (Lipinski definition) is 2. The predicted molar refractivity (Wildman–Crippen MR) is 58.1 cm³/mol. The highest BCUT2D eigenvalue weighted by Crippen LogP contribution is 2.27. The van der Waals surface area contributed by atoms with Crippen LogP contribution < -0.4 is 0 Å². The molecule has 0 atom stereocenters. The lowest BCUT2D eigenvalue weighted by Crippen LogP contribution is -2.10. The molecule has 3 nitrogen and oxygen atoms in total. The minimum absolute atomic E-state index is 0.172. The van der Waals surface area contributed by atoms with Crippen LogP contribution in [0.15, 0.2) is 0 Å². The second-order valence-electron chi connectivity index (χ2n) is 4.01. The third-order valence-corrected chi connectivity index (χ3v) is 2.96. The standard InChI is InChI=1S/C12H17NO2/c1-3-15-12(14)11-8(2)13-10-7-5-4-6-9(10)11/h13H,3-7H2,1-2H3. The molecule has 1 aromatic heterocycles. The number of rotatable bonds is 2. The van der Waals surface area contributed by atoms with E-state index in [1.54, 1.807) is 0 Å². The number of fused-ring (bicyclic) bond motifs is 1. The SMILES string of the molecule is CCOC(=O)c1c(C)[nH]c2c1CCCC2. The first-order valence-electron chi connectivity index (χ1n) is 5.61. The highest BCUT2D eigenvalue weighted by Gasteiger charge is 2.23. The molecule has 1 aliphatic carbocycles. The Kier molecular flexibility index (Phi) is 2.80. The zero-order chi connectivity index (χ0) is 10.8. The van der Waals surface area contributed by atoms with Gasteiger partial charge in [-0.05, 0) is 45.1 Å². The Morgan fingerprint density at radius 2 is 2.13 bits per heavy atom. The number of H-pyrrole nitrogens is 1. The minimum atomic E-state index is -0.172. The molecule has 1 N–H and O–H groups in total. The summed E-state index contributed by atoms with van der Waals surface area (Å²) in [7, 11) is 0. The van der Waals surface area contributed by atoms with Gasteiger partial charge in [0.15, 0.2) is 0 Å². The Morgan fingerprint density at radius 1 is 1.40 bits per heavy atom. The van der Waals surface area contributed by atoms with Gasteiger partial charge in [-0.1, -0.05) is 0 Å². The third kappa shape index (κ3) is 1.78. The first-order chi connectivity index (χ1) is 7.24. The Morgan fingerprint density at radius 3 is 2.87 bits per heavy atom. The monoisotopic (exact) mass is 207 g/mol. The van der Waals surface area contributed by atoms with E-state index in [9.17, 15) is 4.79 Å². The maximum Gasteiger partial charge on any atom is 0.340 e. The van der Waals surface area contributed by atoms with Gasteiger partial charge >= 0.3 is 5.97 Å². The second-order valence-corrected chi connectivity index (χ2v) is 4.01. The van der Waals surface area contributed by atoms with Gasteiger partial charge in [-0.3, -0.25) is 0 Å². The maximum absolute atomic E-state index is 11.8. The number of hydrogen-bond donors (Lipinski definition) is 1. The van der Waals surface area contributed by atoms with Crippen molar-refractivity contribution in [3.05, 3.63) is 22.5 Å². The van der Waals surface area contributed by atoms with Crippen LogP contribution in [0, 0.1) is 6.92 Å². The van der Waals surface area contributed by atoms with Gasteiger partial charge < -0.3 is 9.72 Å². The number of ether oxygens (including phenoxy) is 1. The highest BCUT2D eigenvalue weighted by atomic mass is 16.5. The first-order valence-corrected chi connectivity index (χ1v) is 5.61. The molecule has 0 fully saturated rings. The molecule has 0 spiro atoms. The van der Waals surface area contributed by atoms with Crippen molar-refractivity contribution >= 4 is 5.97 Å². The van der Waals surface area contributed by atoms with E-state index < -0.39 is 0 Å². The van der Waals surface area contributed by atoms with Crippen molar-refractivity contribution in [3.63, 3.8) is 0 Å². The summed E-state index contributed by atoms with van der Waals surface area (Å²) in [6.07, 6.45) is 4.47. The summed E-state index contributed by atoms with van der Waals surface area (Å²) in [5.41, 5.74) is 4.17. The van der Waals surface area contributed by atoms with E-state index >= 15 is 0 Å². The van der Waals surface area contributed by atoms with Gasteiger partial charge in [0.05, 0.1) is 12.2 Å². The normalized spacial score (nSPS) is 14.8. The summed E-state index contributed by atoms with van der Waals surface area (Å²) >= 11 is 0. The fourth-order valence-electron chi connectivity index (χ4n) is 2.31. The van der Waals surface area contributed by atoms with Crippen molar-refractivity contribution in [1.29, 1.82) is 0 Å². The average molecular weight is 207 g/mol. The maximum atomic E-state index is 11.8. The Hall–Kier alpha value is -1.25. The smallest absolute Gasteiger partial charge is 0.340 e. The van der Waals surface area contributed by atoms with Crippen LogP contribution in [0.4, 0.5) is 0 Å². The summed E-state index contributed by atoms with van der Waals surface area (Å²) in [4.78, 5) is 15.1. The number of aromatic amines is 1. The summed E-state index contributed by atoms with van der Waals surface area (Å²) < 4.78 is 5.07. The molecule has 1 heterocycles. The number of esters is 1. The number of carbonyl (C=O) groups excluding carboxylic acids is 1. The van der Waals surface area contributed by atoms with Crippen LogP contribution in [0.25, 0.3) is 0 Å². The number of aromatic nitrogens is 1. The summed E-state index contributed by atoms with van der Waals surface area (Å²) in [5, 5.41) is 0. The van der Waals surface area contributed by atoms with Crippen LogP contribution in [-0.4, -0.2) is 17.6 Å². The zero-order valence-corrected chi connectivity index (χ0v) is 9.35. The minimum Gasteiger partial charge on any atom is -0.462 e. The molecule has 2 rings (SSSR count). The molecule has 1 aliphatic rings. The van der Waals surface area contributed by atoms with Crippen LogP contribution in [-0.2, 0) is 17.6 Å². The average Bonchev–Trinajstić information content (AvgIpc) is 2.54. The van der Waals surface area contributed by atoms with Crippen LogP contribution >= 0.6 is 0 Å². The molecule has 0 radical (unpaired) electrons. The van der Waals surface area contributed by atoms with Crippen molar-refractivity contribution in [3.8, 4) is 0 Å². The van der Waals surface area contributed by atoms with Crippen LogP contribution in [0.1, 0.15) is 47.1 Å². The van der Waals surface area contributed by atoms with Gasteiger partial charge in [-0.25, -0.2) is 4.79 Å². The van der Waals surface area contributed by atoms with Crippen molar-refractivity contribution in [2.24, 2.45) is 0 Å². The molecule has 0 aromatic carbocycles. The first kappa shape index (κ1) is 10.3. The Balaban J connectivity index is 2.37. The van der Waals surface area contributed by atoms with Gasteiger partial charge in [0.25, 0.3) is 0 Å². The molecule has 0 saturated heterocycles. The fourth-order valence-corrected chi connectivity index (χ4v) is 2.31. The molecule has 82 valence electrons. The van der Waals surface area contributed by atoms with Gasteiger partial charge in [0, 0.05) is 11.4 Å². The highest BCUT2D eigenvalue weighted by molar-refractivity contribution is 5.93. The molecule has 0 bridgehead atoms. The largest absolute Gasteiger partial charge is 0.462 e. The molecule has 0 saturated carbocycles. The molecular weight excluding hydrogens is 190 g/mol. The van der Waals surface area contributed by atoms with E-state index in [0.29, 0.717) is 6.61 Å². The van der Waals surface area contributed by atoms with E-state index in [1.807, 2.05) is 13.8 Å². The van der Waals surface area contributed by atoms with Gasteiger partial charge in [0.1, 0.15) is 0 Å². The van der Waals surface area contributed by atoms with Crippen molar-refractivity contribution in [1.82, 2.24) is 4.98 Å². The summed E-state index contributed by atoms with van der Waals surface area (Å²) in [6.45, 7) is 4.23. The Bertz CT molecular complexity index is 379. The lowest BCUT2D eigenvalue weighted by molar-refractivity contribution is 0.0524. The van der Waals surface area contributed by atoms with E-state index in [2.05, 4.69) is 4.98 Å². The van der Waals surface area contributed by atoms with Crippen LogP contribution in [0.5, 0.6) is 0 Å². The van der Waals surface area contributed by atoms with Crippen molar-refractivity contribution < 1.29 is 9.53 Å². The van der Waals surface area contributed by atoms with E-state index in [-0.39, 0.29) is 5.97 Å². The van der Waals surface area contributed by atoms with E-state index in [0.717, 1.165) is 24.1 Å². The lowest BCUT2D eigenvalue weighted by Gasteiger charge is -2.11. The summed E-state index contributed by atoms with van der Waals surface area (Å²) in [6, 6.07) is 0. The second kappa shape index (κ2) is 4.09. The molecular formula is C12H17NO2. The van der Waals surface area contributed by atoms with E-state index in [4.69, 9.17) is 4.74 Å². The topological polar surface area (TPSA) is 42.1 Å². The van der Waals surface area contributed by atoms with E-state index in [1.165, 1.54) is 24.1 Å². The Labute approximate surface area is 89.8 Å². The number of carbonyl (C=O) groups is 1. The summed E-state index contributed by atoms with van der Waals surface area (Å²) in [5.74, 6) is -0.172. The van der Waals surface area contributed by atoms with Gasteiger partial charge in [-0.15, -0.1) is 0 Å². The van der Waals surface area contributed by atoms with Crippen LogP contribution in [0.3, 0.4) is 0 Å². The molecule has 0 unspecified atom stereocenters.